The number of azo groups is 1. The van der Waals surface area contributed by atoms with Gasteiger partial charge in [0.25, 0.3) is 5.69 Å². The topological polar surface area (TPSA) is 149 Å². The Labute approximate surface area is 173 Å². The standard InChI is InChI=1S/C17H16BrN5O6/c1-4-10-5-13(19-9(2)24)14(8-16(10)29-3)20-21-17-12(18)6-11(22(25)26)7-15(17)23(27)28/h5-8H,4H2,1-3H3,(H,19,24). The minimum Gasteiger partial charge on any atom is -0.496 e. The smallest absolute Gasteiger partial charge is 0.304 e. The summed E-state index contributed by atoms with van der Waals surface area (Å²) in [6, 6.07) is 5.11. The molecule has 0 unspecified atom stereocenters. The Morgan fingerprint density at radius 1 is 1.17 bits per heavy atom. The van der Waals surface area contributed by atoms with Gasteiger partial charge in [0.15, 0.2) is 5.69 Å². The third kappa shape index (κ3) is 5.10. The fraction of sp³-hybridized carbons (Fsp3) is 0.235. The zero-order chi connectivity index (χ0) is 21.7. The summed E-state index contributed by atoms with van der Waals surface area (Å²) in [7, 11) is 1.48. The SMILES string of the molecule is CCc1cc(NC(C)=O)c(N=Nc2c(Br)cc([N+](=O)[O-])cc2[N+](=O)[O-])cc1OC. The molecule has 0 aliphatic rings. The first kappa shape index (κ1) is 21.9. The molecule has 0 heterocycles. The van der Waals surface area contributed by atoms with E-state index in [4.69, 9.17) is 4.74 Å². The van der Waals surface area contributed by atoms with Crippen LogP contribution in [-0.2, 0) is 11.2 Å². The van der Waals surface area contributed by atoms with E-state index in [1.165, 1.54) is 14.0 Å². The number of aryl methyl sites for hydroxylation is 1. The molecular weight excluding hydrogens is 450 g/mol. The summed E-state index contributed by atoms with van der Waals surface area (Å²) in [6.45, 7) is 3.24. The Kier molecular flexibility index (Phi) is 6.93. The van der Waals surface area contributed by atoms with Crippen molar-refractivity contribution >= 4 is 50.3 Å². The summed E-state index contributed by atoms with van der Waals surface area (Å²) in [4.78, 5) is 32.3. The summed E-state index contributed by atoms with van der Waals surface area (Å²) in [5.41, 5.74) is 0.113. The van der Waals surface area contributed by atoms with Gasteiger partial charge in [-0.3, -0.25) is 25.0 Å². The average Bonchev–Trinajstić information content (AvgIpc) is 2.66. The van der Waals surface area contributed by atoms with Gasteiger partial charge in [0.05, 0.1) is 33.2 Å². The maximum Gasteiger partial charge on any atom is 0.304 e. The number of halogens is 1. The number of hydrogen-bond acceptors (Lipinski definition) is 8. The quantitative estimate of drug-likeness (QED) is 0.336. The number of carbonyl (C=O) groups is 1. The molecule has 11 nitrogen and oxygen atoms in total. The molecule has 2 rings (SSSR count). The van der Waals surface area contributed by atoms with Crippen molar-refractivity contribution in [3.8, 4) is 5.75 Å². The van der Waals surface area contributed by atoms with E-state index in [2.05, 4.69) is 31.5 Å². The zero-order valence-electron chi connectivity index (χ0n) is 15.6. The molecule has 0 spiro atoms. The van der Waals surface area contributed by atoms with Gasteiger partial charge in [-0.25, -0.2) is 0 Å². The molecule has 0 atom stereocenters. The van der Waals surface area contributed by atoms with Crippen LogP contribution < -0.4 is 10.1 Å². The largest absolute Gasteiger partial charge is 0.496 e. The van der Waals surface area contributed by atoms with Crippen molar-refractivity contribution in [3.63, 3.8) is 0 Å². The van der Waals surface area contributed by atoms with Crippen LogP contribution in [0.5, 0.6) is 5.75 Å². The Balaban J connectivity index is 2.62. The first-order valence-corrected chi connectivity index (χ1v) is 8.99. The number of ether oxygens (including phenoxy) is 1. The fourth-order valence-corrected chi connectivity index (χ4v) is 2.99. The number of carbonyl (C=O) groups excluding carboxylic acids is 1. The second-order valence-corrected chi connectivity index (χ2v) is 6.58. The zero-order valence-corrected chi connectivity index (χ0v) is 17.2. The predicted molar refractivity (Wildman–Crippen MR) is 108 cm³/mol. The van der Waals surface area contributed by atoms with Gasteiger partial charge in [-0.15, -0.1) is 10.2 Å². The monoisotopic (exact) mass is 465 g/mol. The number of non-ortho nitro benzene ring substituents is 1. The maximum atomic E-state index is 11.5. The van der Waals surface area contributed by atoms with Crippen LogP contribution in [0.15, 0.2) is 39.0 Å². The first-order chi connectivity index (χ1) is 13.7. The van der Waals surface area contributed by atoms with Gasteiger partial charge < -0.3 is 10.1 Å². The van der Waals surface area contributed by atoms with Gasteiger partial charge in [0.1, 0.15) is 11.4 Å². The molecule has 1 amide bonds. The number of nitro benzene ring substituents is 2. The average molecular weight is 466 g/mol. The molecule has 0 saturated heterocycles. The van der Waals surface area contributed by atoms with Crippen molar-refractivity contribution in [1.29, 1.82) is 0 Å². The molecule has 152 valence electrons. The van der Waals surface area contributed by atoms with Gasteiger partial charge in [-0.05, 0) is 34.0 Å². The van der Waals surface area contributed by atoms with E-state index in [0.717, 1.165) is 17.7 Å². The van der Waals surface area contributed by atoms with E-state index in [1.54, 1.807) is 12.1 Å². The molecule has 2 aromatic rings. The van der Waals surface area contributed by atoms with Gasteiger partial charge in [-0.2, -0.15) is 0 Å². The summed E-state index contributed by atoms with van der Waals surface area (Å²) in [6.07, 6.45) is 0.632. The van der Waals surface area contributed by atoms with Crippen LogP contribution in [0.4, 0.5) is 28.4 Å². The van der Waals surface area contributed by atoms with Crippen LogP contribution in [0.2, 0.25) is 0 Å². The second kappa shape index (κ2) is 9.19. The van der Waals surface area contributed by atoms with E-state index in [1.807, 2.05) is 6.92 Å². The molecule has 1 N–H and O–H groups in total. The van der Waals surface area contributed by atoms with Crippen LogP contribution >= 0.6 is 15.9 Å². The fourth-order valence-electron chi connectivity index (χ4n) is 2.47. The van der Waals surface area contributed by atoms with E-state index in [-0.39, 0.29) is 21.8 Å². The number of hydrogen-bond donors (Lipinski definition) is 1. The van der Waals surface area contributed by atoms with Crippen molar-refractivity contribution in [3.05, 3.63) is 54.5 Å². The molecule has 12 heteroatoms. The van der Waals surface area contributed by atoms with Crippen molar-refractivity contribution in [2.75, 3.05) is 12.4 Å². The number of amides is 1. The Morgan fingerprint density at radius 2 is 1.86 bits per heavy atom. The molecule has 0 aromatic heterocycles. The highest BCUT2D eigenvalue weighted by Gasteiger charge is 2.23. The molecule has 29 heavy (non-hydrogen) atoms. The van der Waals surface area contributed by atoms with Crippen LogP contribution in [0.3, 0.4) is 0 Å². The lowest BCUT2D eigenvalue weighted by atomic mass is 10.1. The number of nitro groups is 2. The molecule has 0 aliphatic carbocycles. The molecule has 0 aliphatic heterocycles. The molecule has 0 saturated carbocycles. The van der Waals surface area contributed by atoms with Crippen molar-refractivity contribution in [2.45, 2.75) is 20.3 Å². The van der Waals surface area contributed by atoms with Gasteiger partial charge >= 0.3 is 5.69 Å². The minimum absolute atomic E-state index is 0.0281. The number of benzene rings is 2. The summed E-state index contributed by atoms with van der Waals surface area (Å²) in [5.74, 6) is 0.170. The summed E-state index contributed by atoms with van der Waals surface area (Å²) < 4.78 is 5.34. The molecule has 0 bridgehead atoms. The normalized spacial score (nSPS) is 10.8. The minimum atomic E-state index is -0.790. The van der Waals surface area contributed by atoms with Crippen molar-refractivity contribution in [1.82, 2.24) is 0 Å². The molecule has 0 radical (unpaired) electrons. The lowest BCUT2D eigenvalue weighted by Gasteiger charge is -2.12. The third-order valence-electron chi connectivity index (χ3n) is 3.78. The molecular formula is C17H16BrN5O6. The Bertz CT molecular complexity index is 1020. The predicted octanol–water partition coefficient (Wildman–Crippen LogP) is 5.21. The van der Waals surface area contributed by atoms with Crippen molar-refractivity contribution in [2.24, 2.45) is 10.2 Å². The highest BCUT2D eigenvalue weighted by Crippen LogP contribution is 2.41. The van der Waals surface area contributed by atoms with E-state index in [0.29, 0.717) is 17.9 Å². The molecule has 0 fully saturated rings. The van der Waals surface area contributed by atoms with Crippen LogP contribution in [0, 0.1) is 20.2 Å². The number of methoxy groups -OCH3 is 1. The van der Waals surface area contributed by atoms with E-state index in [9.17, 15) is 25.0 Å². The number of nitrogens with zero attached hydrogens (tertiary/aromatic N) is 4. The Morgan fingerprint density at radius 3 is 2.38 bits per heavy atom. The highest BCUT2D eigenvalue weighted by atomic mass is 79.9. The van der Waals surface area contributed by atoms with Crippen LogP contribution in [-0.4, -0.2) is 22.9 Å². The number of anilines is 1. The number of rotatable bonds is 7. The van der Waals surface area contributed by atoms with E-state index >= 15 is 0 Å². The lowest BCUT2D eigenvalue weighted by molar-refractivity contribution is -0.393. The highest BCUT2D eigenvalue weighted by molar-refractivity contribution is 9.10. The summed E-state index contributed by atoms with van der Waals surface area (Å²) in [5, 5.41) is 32.8. The van der Waals surface area contributed by atoms with Gasteiger partial charge in [-0.1, -0.05) is 6.92 Å². The maximum absolute atomic E-state index is 11.5. The van der Waals surface area contributed by atoms with Gasteiger partial charge in [0, 0.05) is 19.1 Å². The summed E-state index contributed by atoms with van der Waals surface area (Å²) >= 11 is 3.06. The second-order valence-electron chi connectivity index (χ2n) is 5.73. The van der Waals surface area contributed by atoms with Gasteiger partial charge in [0.2, 0.25) is 5.91 Å². The third-order valence-corrected chi connectivity index (χ3v) is 4.39. The number of nitrogens with one attached hydrogen (secondary N) is 1. The molecule has 2 aromatic carbocycles. The first-order valence-electron chi connectivity index (χ1n) is 8.20. The lowest BCUT2D eigenvalue weighted by Crippen LogP contribution is -2.06. The Hall–Kier alpha value is -3.41. The van der Waals surface area contributed by atoms with Crippen LogP contribution in [0.1, 0.15) is 19.4 Å². The van der Waals surface area contributed by atoms with Crippen LogP contribution in [0.25, 0.3) is 0 Å². The van der Waals surface area contributed by atoms with E-state index < -0.39 is 21.2 Å². The van der Waals surface area contributed by atoms with Crippen molar-refractivity contribution < 1.29 is 19.4 Å².